The van der Waals surface area contributed by atoms with Gasteiger partial charge in [-0.05, 0) is 45.8 Å². The SMILES string of the molecule is CCCNC1CCN(CCc2nc(C)no2)CC1. The lowest BCUT2D eigenvalue weighted by Crippen LogP contribution is -2.43. The maximum atomic E-state index is 5.13. The molecule has 0 amide bonds. The number of hydrogen-bond acceptors (Lipinski definition) is 5. The molecule has 2 heterocycles. The summed E-state index contributed by atoms with van der Waals surface area (Å²) in [6.45, 7) is 8.60. The van der Waals surface area contributed by atoms with Crippen LogP contribution in [0.3, 0.4) is 0 Å². The summed E-state index contributed by atoms with van der Waals surface area (Å²) >= 11 is 0. The van der Waals surface area contributed by atoms with Crippen molar-refractivity contribution < 1.29 is 4.52 Å². The average molecular weight is 252 g/mol. The average Bonchev–Trinajstić information content (AvgIpc) is 2.81. The van der Waals surface area contributed by atoms with E-state index in [0.29, 0.717) is 6.04 Å². The van der Waals surface area contributed by atoms with Crippen LogP contribution in [0, 0.1) is 6.92 Å². The first kappa shape index (κ1) is 13.5. The molecule has 102 valence electrons. The predicted molar refractivity (Wildman–Crippen MR) is 70.5 cm³/mol. The van der Waals surface area contributed by atoms with Gasteiger partial charge < -0.3 is 14.7 Å². The first-order valence-electron chi connectivity index (χ1n) is 7.03. The fourth-order valence-electron chi connectivity index (χ4n) is 2.40. The minimum Gasteiger partial charge on any atom is -0.339 e. The molecule has 0 bridgehead atoms. The summed E-state index contributed by atoms with van der Waals surface area (Å²) in [5.41, 5.74) is 0. The predicted octanol–water partition coefficient (Wildman–Crippen LogP) is 1.38. The molecule has 1 aliphatic heterocycles. The molecular weight excluding hydrogens is 228 g/mol. The molecule has 5 heteroatoms. The van der Waals surface area contributed by atoms with E-state index in [1.807, 2.05) is 6.92 Å². The summed E-state index contributed by atoms with van der Waals surface area (Å²) in [7, 11) is 0. The smallest absolute Gasteiger partial charge is 0.227 e. The van der Waals surface area contributed by atoms with E-state index in [1.54, 1.807) is 0 Å². The van der Waals surface area contributed by atoms with Gasteiger partial charge >= 0.3 is 0 Å². The van der Waals surface area contributed by atoms with E-state index in [4.69, 9.17) is 4.52 Å². The minimum atomic E-state index is 0.715. The molecular formula is C13H24N4O. The zero-order valence-electron chi connectivity index (χ0n) is 11.5. The van der Waals surface area contributed by atoms with Crippen LogP contribution in [0.4, 0.5) is 0 Å². The Kier molecular flexibility index (Phi) is 5.13. The second-order valence-electron chi connectivity index (χ2n) is 5.06. The minimum absolute atomic E-state index is 0.715. The molecule has 0 aromatic carbocycles. The summed E-state index contributed by atoms with van der Waals surface area (Å²) in [4.78, 5) is 6.72. The van der Waals surface area contributed by atoms with Crippen LogP contribution in [0.25, 0.3) is 0 Å². The second-order valence-corrected chi connectivity index (χ2v) is 5.06. The van der Waals surface area contributed by atoms with Crippen LogP contribution >= 0.6 is 0 Å². The molecule has 0 saturated carbocycles. The summed E-state index contributed by atoms with van der Waals surface area (Å²) in [5.74, 6) is 1.49. The maximum absolute atomic E-state index is 5.13. The number of aryl methyl sites for hydroxylation is 1. The van der Waals surface area contributed by atoms with Crippen molar-refractivity contribution in [3.63, 3.8) is 0 Å². The highest BCUT2D eigenvalue weighted by atomic mass is 16.5. The summed E-state index contributed by atoms with van der Waals surface area (Å²) in [6, 6.07) is 0.715. The highest BCUT2D eigenvalue weighted by molar-refractivity contribution is 4.85. The first-order chi connectivity index (χ1) is 8.78. The van der Waals surface area contributed by atoms with Crippen molar-refractivity contribution in [1.82, 2.24) is 20.4 Å². The Hall–Kier alpha value is -0.940. The third-order valence-corrected chi connectivity index (χ3v) is 3.48. The normalized spacial score (nSPS) is 18.3. The highest BCUT2D eigenvalue weighted by Gasteiger charge is 2.18. The number of piperidine rings is 1. The molecule has 0 unspecified atom stereocenters. The van der Waals surface area contributed by atoms with Crippen molar-refractivity contribution in [3.05, 3.63) is 11.7 Å². The van der Waals surface area contributed by atoms with E-state index in [1.165, 1.54) is 32.4 Å². The Balaban J connectivity index is 1.64. The zero-order valence-corrected chi connectivity index (χ0v) is 11.5. The number of likely N-dealkylation sites (tertiary alicyclic amines) is 1. The highest BCUT2D eigenvalue weighted by Crippen LogP contribution is 2.11. The van der Waals surface area contributed by atoms with Crippen LogP contribution in [0.5, 0.6) is 0 Å². The molecule has 0 radical (unpaired) electrons. The Morgan fingerprint density at radius 3 is 2.78 bits per heavy atom. The van der Waals surface area contributed by atoms with Gasteiger partial charge in [0.25, 0.3) is 0 Å². The molecule has 5 nitrogen and oxygen atoms in total. The Morgan fingerprint density at radius 1 is 1.39 bits per heavy atom. The van der Waals surface area contributed by atoms with Gasteiger partial charge in [0.1, 0.15) is 0 Å². The van der Waals surface area contributed by atoms with Crippen LogP contribution in [0.15, 0.2) is 4.52 Å². The molecule has 1 aliphatic rings. The van der Waals surface area contributed by atoms with Crippen molar-refractivity contribution >= 4 is 0 Å². The van der Waals surface area contributed by atoms with E-state index in [9.17, 15) is 0 Å². The molecule has 1 saturated heterocycles. The van der Waals surface area contributed by atoms with E-state index in [2.05, 4.69) is 27.3 Å². The number of hydrogen-bond donors (Lipinski definition) is 1. The van der Waals surface area contributed by atoms with Gasteiger partial charge in [-0.3, -0.25) is 0 Å². The van der Waals surface area contributed by atoms with Crippen LogP contribution in [-0.4, -0.2) is 47.3 Å². The summed E-state index contributed by atoms with van der Waals surface area (Å²) < 4.78 is 5.13. The van der Waals surface area contributed by atoms with E-state index in [-0.39, 0.29) is 0 Å². The largest absolute Gasteiger partial charge is 0.339 e. The van der Waals surface area contributed by atoms with Crippen molar-refractivity contribution in [2.24, 2.45) is 0 Å². The van der Waals surface area contributed by atoms with E-state index in [0.717, 1.165) is 31.2 Å². The standard InChI is InChI=1S/C13H24N4O/c1-3-7-14-12-4-8-17(9-5-12)10-6-13-15-11(2)16-18-13/h12,14H,3-10H2,1-2H3. The van der Waals surface area contributed by atoms with E-state index >= 15 is 0 Å². The maximum Gasteiger partial charge on any atom is 0.227 e. The van der Waals surface area contributed by atoms with Gasteiger partial charge in [0, 0.05) is 19.0 Å². The van der Waals surface area contributed by atoms with Gasteiger partial charge in [-0.1, -0.05) is 12.1 Å². The molecule has 2 rings (SSSR count). The number of nitrogens with zero attached hydrogens (tertiary/aromatic N) is 3. The topological polar surface area (TPSA) is 54.2 Å². The molecule has 0 spiro atoms. The van der Waals surface area contributed by atoms with Crippen LogP contribution in [0.1, 0.15) is 37.9 Å². The van der Waals surface area contributed by atoms with Crippen molar-refractivity contribution in [2.75, 3.05) is 26.2 Å². The number of rotatable bonds is 6. The quantitative estimate of drug-likeness (QED) is 0.829. The lowest BCUT2D eigenvalue weighted by Gasteiger charge is -2.32. The second kappa shape index (κ2) is 6.85. The van der Waals surface area contributed by atoms with Crippen LogP contribution in [0.2, 0.25) is 0 Å². The fourth-order valence-corrected chi connectivity index (χ4v) is 2.40. The third-order valence-electron chi connectivity index (χ3n) is 3.48. The van der Waals surface area contributed by atoms with Gasteiger partial charge in [0.2, 0.25) is 5.89 Å². The van der Waals surface area contributed by atoms with Crippen LogP contribution in [-0.2, 0) is 6.42 Å². The zero-order chi connectivity index (χ0) is 12.8. The first-order valence-corrected chi connectivity index (χ1v) is 7.03. The molecule has 1 fully saturated rings. The Morgan fingerprint density at radius 2 is 2.17 bits per heavy atom. The number of nitrogens with one attached hydrogen (secondary N) is 1. The van der Waals surface area contributed by atoms with Gasteiger partial charge in [0.15, 0.2) is 5.82 Å². The molecule has 18 heavy (non-hydrogen) atoms. The molecule has 0 aliphatic carbocycles. The molecule has 1 aromatic rings. The Labute approximate surface area is 109 Å². The Bertz CT molecular complexity index is 345. The van der Waals surface area contributed by atoms with Crippen molar-refractivity contribution in [2.45, 2.75) is 45.6 Å². The lowest BCUT2D eigenvalue weighted by molar-refractivity contribution is 0.194. The summed E-state index contributed by atoms with van der Waals surface area (Å²) in [6.07, 6.45) is 4.59. The lowest BCUT2D eigenvalue weighted by atomic mass is 10.0. The molecule has 0 atom stereocenters. The third kappa shape index (κ3) is 4.07. The summed E-state index contributed by atoms with van der Waals surface area (Å²) in [5, 5.41) is 7.41. The van der Waals surface area contributed by atoms with Crippen molar-refractivity contribution in [1.29, 1.82) is 0 Å². The van der Waals surface area contributed by atoms with Gasteiger partial charge in [-0.15, -0.1) is 0 Å². The van der Waals surface area contributed by atoms with Crippen LogP contribution < -0.4 is 5.32 Å². The fraction of sp³-hybridized carbons (Fsp3) is 0.846. The monoisotopic (exact) mass is 252 g/mol. The van der Waals surface area contributed by atoms with E-state index < -0.39 is 0 Å². The van der Waals surface area contributed by atoms with Gasteiger partial charge in [0.05, 0.1) is 0 Å². The molecule has 1 aromatic heterocycles. The van der Waals surface area contributed by atoms with Gasteiger partial charge in [-0.2, -0.15) is 4.98 Å². The number of aromatic nitrogens is 2. The van der Waals surface area contributed by atoms with Crippen molar-refractivity contribution in [3.8, 4) is 0 Å². The molecule has 1 N–H and O–H groups in total. The van der Waals surface area contributed by atoms with Gasteiger partial charge in [-0.25, -0.2) is 0 Å².